The number of aromatic nitrogens is 3. The van der Waals surface area contributed by atoms with Crippen molar-refractivity contribution in [3.05, 3.63) is 36.8 Å². The molecule has 0 atom stereocenters. The first-order valence-electron chi connectivity index (χ1n) is 4.24. The summed E-state index contributed by atoms with van der Waals surface area (Å²) in [5, 5.41) is 21.1. The van der Waals surface area contributed by atoms with Gasteiger partial charge in [-0.3, -0.25) is 4.98 Å². The highest BCUT2D eigenvalue weighted by Crippen LogP contribution is 2.10. The molecule has 0 aliphatic rings. The molecule has 0 bridgehead atoms. The maximum absolute atomic E-state index is 8.56. The maximum Gasteiger partial charge on any atom is 0.708 e. The Kier molecular flexibility index (Phi) is 2.66. The topological polar surface area (TPSA) is 80.4 Å². The third kappa shape index (κ3) is 2.33. The number of pyridine rings is 1. The van der Waals surface area contributed by atoms with E-state index in [0.29, 0.717) is 0 Å². The zero-order valence-electron chi connectivity index (χ0n) is 7.69. The van der Waals surface area contributed by atoms with Gasteiger partial charge in [0.25, 0.3) is 0 Å². The van der Waals surface area contributed by atoms with Crippen LogP contribution in [0, 0.1) is 0 Å². The molecule has 76 valence electrons. The first kappa shape index (κ1) is 9.69. The van der Waals surface area contributed by atoms with Crippen molar-refractivity contribution in [3.63, 3.8) is 0 Å². The van der Waals surface area contributed by atoms with Gasteiger partial charge in [-0.1, -0.05) is 0 Å². The van der Waals surface area contributed by atoms with E-state index in [-0.39, 0.29) is 5.88 Å². The molecular weight excluding hydrogens is 197 g/mol. The molecule has 0 unspecified atom stereocenters. The van der Waals surface area contributed by atoms with Crippen LogP contribution in [0.1, 0.15) is 0 Å². The van der Waals surface area contributed by atoms with Crippen LogP contribution in [-0.2, 0) is 0 Å². The van der Waals surface area contributed by atoms with Crippen LogP contribution in [0.5, 0.6) is 5.88 Å². The summed E-state index contributed by atoms with van der Waals surface area (Å²) < 4.78 is 6.09. The lowest BCUT2D eigenvalue weighted by atomic mass is 10.3. The van der Waals surface area contributed by atoms with Crippen molar-refractivity contribution in [2.24, 2.45) is 0 Å². The Morgan fingerprint density at radius 1 is 1.33 bits per heavy atom. The zero-order valence-corrected chi connectivity index (χ0v) is 7.69. The average Bonchev–Trinajstić information content (AvgIpc) is 2.67. The summed E-state index contributed by atoms with van der Waals surface area (Å²) in [6.07, 6.45) is 4.92. The number of rotatable bonds is 3. The van der Waals surface area contributed by atoms with E-state index in [1.807, 2.05) is 6.07 Å². The normalized spacial score (nSPS) is 10.0. The monoisotopic (exact) mass is 205 g/mol. The van der Waals surface area contributed by atoms with Crippen molar-refractivity contribution in [3.8, 4) is 11.6 Å². The molecule has 15 heavy (non-hydrogen) atoms. The van der Waals surface area contributed by atoms with Gasteiger partial charge in [0.05, 0.1) is 11.9 Å². The quantitative estimate of drug-likeness (QED) is 0.667. The van der Waals surface area contributed by atoms with Crippen molar-refractivity contribution < 1.29 is 14.7 Å². The van der Waals surface area contributed by atoms with Crippen molar-refractivity contribution >= 4 is 7.32 Å². The van der Waals surface area contributed by atoms with Crippen molar-refractivity contribution in [1.82, 2.24) is 14.8 Å². The van der Waals surface area contributed by atoms with Gasteiger partial charge < -0.3 is 14.7 Å². The van der Waals surface area contributed by atoms with E-state index in [4.69, 9.17) is 10.0 Å². The van der Waals surface area contributed by atoms with Crippen LogP contribution >= 0.6 is 0 Å². The summed E-state index contributed by atoms with van der Waals surface area (Å²) in [7, 11) is -1.86. The molecule has 0 amide bonds. The predicted molar refractivity (Wildman–Crippen MR) is 52.2 cm³/mol. The number of hydrogen-bond acceptors (Lipinski definition) is 5. The minimum atomic E-state index is -1.86. The zero-order chi connectivity index (χ0) is 10.7. The van der Waals surface area contributed by atoms with Crippen LogP contribution in [0.15, 0.2) is 36.8 Å². The summed E-state index contributed by atoms with van der Waals surface area (Å²) >= 11 is 0. The second-order valence-corrected chi connectivity index (χ2v) is 2.75. The summed E-state index contributed by atoms with van der Waals surface area (Å²) in [5.41, 5.74) is 0.764. The van der Waals surface area contributed by atoms with E-state index in [2.05, 4.69) is 14.7 Å². The molecule has 0 saturated heterocycles. The lowest BCUT2D eigenvalue weighted by Crippen LogP contribution is -2.20. The smallest absolute Gasteiger partial charge is 0.497 e. The van der Waals surface area contributed by atoms with Gasteiger partial charge in [-0.05, 0) is 12.1 Å². The first-order valence-corrected chi connectivity index (χ1v) is 4.24. The van der Waals surface area contributed by atoms with E-state index in [1.54, 1.807) is 24.7 Å². The first-order chi connectivity index (χ1) is 7.25. The SMILES string of the molecule is OB(O)Oc1ccn(-c2cccnc2)n1. The Morgan fingerprint density at radius 3 is 2.87 bits per heavy atom. The lowest BCUT2D eigenvalue weighted by molar-refractivity contribution is 0.282. The Bertz CT molecular complexity index is 432. The molecule has 0 fully saturated rings. The predicted octanol–water partition coefficient (Wildman–Crippen LogP) is -0.384. The Labute approximate surface area is 85.9 Å². The van der Waals surface area contributed by atoms with E-state index in [9.17, 15) is 0 Å². The van der Waals surface area contributed by atoms with Crippen LogP contribution < -0.4 is 4.65 Å². The fourth-order valence-corrected chi connectivity index (χ4v) is 1.11. The highest BCUT2D eigenvalue weighted by molar-refractivity contribution is 6.33. The van der Waals surface area contributed by atoms with E-state index >= 15 is 0 Å². The lowest BCUT2D eigenvalue weighted by Gasteiger charge is -2.00. The molecule has 2 rings (SSSR count). The molecule has 0 saturated carbocycles. The molecule has 0 aliphatic heterocycles. The Morgan fingerprint density at radius 2 is 2.20 bits per heavy atom. The molecule has 0 spiro atoms. The van der Waals surface area contributed by atoms with Gasteiger partial charge >= 0.3 is 7.32 Å². The Hall–Kier alpha value is -1.86. The number of nitrogens with zero attached hydrogens (tertiary/aromatic N) is 3. The summed E-state index contributed by atoms with van der Waals surface area (Å²) in [5.74, 6) is 0.133. The second-order valence-electron chi connectivity index (χ2n) is 2.75. The minimum Gasteiger partial charge on any atom is -0.497 e. The van der Waals surface area contributed by atoms with Crippen molar-refractivity contribution in [1.29, 1.82) is 0 Å². The van der Waals surface area contributed by atoms with Crippen molar-refractivity contribution in [2.75, 3.05) is 0 Å². The van der Waals surface area contributed by atoms with Crippen LogP contribution in [0.2, 0.25) is 0 Å². The molecule has 6 nitrogen and oxygen atoms in total. The fourth-order valence-electron chi connectivity index (χ4n) is 1.11. The molecule has 0 aromatic carbocycles. The Balaban J connectivity index is 2.21. The third-order valence-electron chi connectivity index (χ3n) is 1.70. The molecular formula is C8H8BN3O3. The van der Waals surface area contributed by atoms with Gasteiger partial charge in [-0.15, -0.1) is 5.10 Å². The average molecular weight is 205 g/mol. The maximum atomic E-state index is 8.56. The minimum absolute atomic E-state index is 0.133. The third-order valence-corrected chi connectivity index (χ3v) is 1.70. The van der Waals surface area contributed by atoms with Gasteiger partial charge in [0, 0.05) is 18.5 Å². The van der Waals surface area contributed by atoms with E-state index in [0.717, 1.165) is 5.69 Å². The van der Waals surface area contributed by atoms with Gasteiger partial charge in [-0.25, -0.2) is 4.68 Å². The van der Waals surface area contributed by atoms with Crippen LogP contribution in [-0.4, -0.2) is 32.1 Å². The molecule has 2 N–H and O–H groups in total. The van der Waals surface area contributed by atoms with Gasteiger partial charge in [-0.2, -0.15) is 0 Å². The van der Waals surface area contributed by atoms with E-state index < -0.39 is 7.32 Å². The molecule has 0 aliphatic carbocycles. The largest absolute Gasteiger partial charge is 0.708 e. The number of hydrogen-bond donors (Lipinski definition) is 2. The molecule has 0 radical (unpaired) electrons. The van der Waals surface area contributed by atoms with Gasteiger partial charge in [0.15, 0.2) is 0 Å². The standard InChI is InChI=1S/C8H8BN3O3/c13-9(14)15-8-3-5-12(11-8)7-2-1-4-10-6-7/h1-6,13-14H. The second kappa shape index (κ2) is 4.12. The summed E-state index contributed by atoms with van der Waals surface area (Å²) in [4.78, 5) is 3.93. The van der Waals surface area contributed by atoms with E-state index in [1.165, 1.54) is 10.7 Å². The molecule has 2 aromatic rings. The highest BCUT2D eigenvalue weighted by atomic mass is 16.6. The molecule has 2 aromatic heterocycles. The fraction of sp³-hybridized carbons (Fsp3) is 0. The van der Waals surface area contributed by atoms with Crippen LogP contribution in [0.25, 0.3) is 5.69 Å². The van der Waals surface area contributed by atoms with Crippen molar-refractivity contribution in [2.45, 2.75) is 0 Å². The highest BCUT2D eigenvalue weighted by Gasteiger charge is 2.13. The summed E-state index contributed by atoms with van der Waals surface area (Å²) in [6.45, 7) is 0. The van der Waals surface area contributed by atoms with Crippen LogP contribution in [0.3, 0.4) is 0 Å². The molecule has 7 heteroatoms. The molecule has 2 heterocycles. The summed E-state index contributed by atoms with van der Waals surface area (Å²) in [6, 6.07) is 5.12. The van der Waals surface area contributed by atoms with Gasteiger partial charge in [0.1, 0.15) is 0 Å². The van der Waals surface area contributed by atoms with Gasteiger partial charge in [0.2, 0.25) is 5.88 Å². The van der Waals surface area contributed by atoms with Crippen LogP contribution in [0.4, 0.5) is 0 Å².